The van der Waals surface area contributed by atoms with Crippen LogP contribution in [-0.2, 0) is 4.79 Å². The van der Waals surface area contributed by atoms with Crippen LogP contribution in [0, 0.1) is 11.7 Å². The van der Waals surface area contributed by atoms with Gasteiger partial charge in [0, 0.05) is 11.4 Å². The molecule has 1 saturated heterocycles. The Morgan fingerprint density at radius 3 is 2.67 bits per heavy atom. The van der Waals surface area contributed by atoms with E-state index in [9.17, 15) is 14.3 Å². The second kappa shape index (κ2) is 7.63. The van der Waals surface area contributed by atoms with Crippen molar-refractivity contribution >= 4 is 28.9 Å². The maximum atomic E-state index is 13.1. The molecule has 8 heteroatoms. The lowest BCUT2D eigenvalue weighted by Gasteiger charge is -2.35. The Morgan fingerprint density at radius 1 is 1.30 bits per heavy atom. The van der Waals surface area contributed by atoms with Crippen LogP contribution in [0.3, 0.4) is 0 Å². The van der Waals surface area contributed by atoms with Gasteiger partial charge in [-0.2, -0.15) is 0 Å². The second-order valence-corrected chi connectivity index (χ2v) is 6.41. The Morgan fingerprint density at radius 2 is 2.00 bits per heavy atom. The zero-order valence-corrected chi connectivity index (χ0v) is 15.3. The van der Waals surface area contributed by atoms with Crippen molar-refractivity contribution in [3.05, 3.63) is 66.1 Å². The van der Waals surface area contributed by atoms with Gasteiger partial charge in [-0.3, -0.25) is 4.79 Å². The number of nitrogens with one attached hydrogen (secondary N) is 3. The van der Waals surface area contributed by atoms with E-state index in [0.717, 1.165) is 0 Å². The standard InChI is InChI=1S/C19H18FN3O3S/c1-10-16(18(25)22-13-6-4-12(20)5-7-13)17(23-19(27)21-10)11-3-8-14(24)15(9-11)26-2/h3-9,16-17,24H,1H2,2H3,(H,22,25)(H2,21,23,27)/t16-,17+/m1/s1. The molecular weight excluding hydrogens is 369 g/mol. The van der Waals surface area contributed by atoms with E-state index in [1.807, 2.05) is 0 Å². The van der Waals surface area contributed by atoms with Crippen LogP contribution in [0.2, 0.25) is 0 Å². The van der Waals surface area contributed by atoms with Gasteiger partial charge in [0.1, 0.15) is 11.7 Å². The number of halogens is 1. The van der Waals surface area contributed by atoms with Crippen molar-refractivity contribution in [1.82, 2.24) is 10.6 Å². The third kappa shape index (κ3) is 4.01. The summed E-state index contributed by atoms with van der Waals surface area (Å²) in [6, 6.07) is 9.74. The van der Waals surface area contributed by atoms with E-state index in [2.05, 4.69) is 22.5 Å². The number of carbonyl (C=O) groups excluding carboxylic acids is 1. The molecule has 2 aromatic rings. The molecule has 0 aromatic heterocycles. The van der Waals surface area contributed by atoms with Crippen molar-refractivity contribution in [3.8, 4) is 11.5 Å². The van der Waals surface area contributed by atoms with Gasteiger partial charge in [0.15, 0.2) is 16.6 Å². The first-order valence-electron chi connectivity index (χ1n) is 8.08. The molecule has 0 bridgehead atoms. The number of phenols is 1. The van der Waals surface area contributed by atoms with E-state index in [0.29, 0.717) is 22.1 Å². The van der Waals surface area contributed by atoms with Gasteiger partial charge in [-0.05, 0) is 54.2 Å². The molecule has 6 nitrogen and oxygen atoms in total. The predicted molar refractivity (Wildman–Crippen MR) is 104 cm³/mol. The van der Waals surface area contributed by atoms with Crippen molar-refractivity contribution in [2.75, 3.05) is 12.4 Å². The summed E-state index contributed by atoms with van der Waals surface area (Å²) in [4.78, 5) is 12.9. The van der Waals surface area contributed by atoms with E-state index < -0.39 is 17.8 Å². The quantitative estimate of drug-likeness (QED) is 0.604. The van der Waals surface area contributed by atoms with E-state index >= 15 is 0 Å². The topological polar surface area (TPSA) is 82.6 Å². The normalized spacial score (nSPS) is 19.0. The Hall–Kier alpha value is -3.13. The van der Waals surface area contributed by atoms with Gasteiger partial charge in [-0.25, -0.2) is 4.39 Å². The molecule has 1 amide bonds. The molecular formula is C19H18FN3O3S. The minimum atomic E-state index is -0.712. The second-order valence-electron chi connectivity index (χ2n) is 6.01. The molecule has 1 fully saturated rings. The van der Waals surface area contributed by atoms with Crippen LogP contribution in [0.15, 0.2) is 54.7 Å². The molecule has 3 rings (SSSR count). The zero-order valence-electron chi connectivity index (χ0n) is 14.5. The fourth-order valence-electron chi connectivity index (χ4n) is 2.91. The van der Waals surface area contributed by atoms with Crippen LogP contribution in [0.5, 0.6) is 11.5 Å². The van der Waals surface area contributed by atoms with Crippen molar-refractivity contribution in [2.24, 2.45) is 5.92 Å². The molecule has 0 saturated carbocycles. The summed E-state index contributed by atoms with van der Waals surface area (Å²) in [5, 5.41) is 18.8. The summed E-state index contributed by atoms with van der Waals surface area (Å²) in [6.07, 6.45) is 0. The molecule has 0 aliphatic carbocycles. The third-order valence-corrected chi connectivity index (χ3v) is 4.45. The van der Waals surface area contributed by atoms with Crippen LogP contribution in [-0.4, -0.2) is 23.2 Å². The number of phenolic OH excluding ortho intramolecular Hbond substituents is 1. The summed E-state index contributed by atoms with van der Waals surface area (Å²) < 4.78 is 18.2. The first-order valence-corrected chi connectivity index (χ1v) is 8.49. The highest BCUT2D eigenvalue weighted by Gasteiger charge is 2.37. The van der Waals surface area contributed by atoms with Gasteiger partial charge in [0.05, 0.1) is 13.2 Å². The lowest BCUT2D eigenvalue weighted by atomic mass is 9.88. The molecule has 1 heterocycles. The lowest BCUT2D eigenvalue weighted by Crippen LogP contribution is -2.51. The molecule has 2 atom stereocenters. The number of benzene rings is 2. The average Bonchev–Trinajstić information content (AvgIpc) is 2.63. The number of methoxy groups -OCH3 is 1. The monoisotopic (exact) mass is 387 g/mol. The number of aromatic hydroxyl groups is 1. The van der Waals surface area contributed by atoms with E-state index in [-0.39, 0.29) is 17.4 Å². The maximum Gasteiger partial charge on any atom is 0.235 e. The van der Waals surface area contributed by atoms with Gasteiger partial charge in [-0.1, -0.05) is 12.6 Å². The maximum absolute atomic E-state index is 13.1. The highest BCUT2D eigenvalue weighted by molar-refractivity contribution is 7.80. The number of carbonyl (C=O) groups is 1. The number of hydrogen-bond donors (Lipinski definition) is 4. The molecule has 4 N–H and O–H groups in total. The molecule has 27 heavy (non-hydrogen) atoms. The highest BCUT2D eigenvalue weighted by Crippen LogP contribution is 2.35. The smallest absolute Gasteiger partial charge is 0.235 e. The van der Waals surface area contributed by atoms with E-state index in [1.165, 1.54) is 37.4 Å². The largest absolute Gasteiger partial charge is 0.504 e. The first-order chi connectivity index (χ1) is 12.9. The van der Waals surface area contributed by atoms with E-state index in [1.54, 1.807) is 12.1 Å². The Balaban J connectivity index is 1.91. The fraction of sp³-hybridized carbons (Fsp3) is 0.158. The molecule has 0 unspecified atom stereocenters. The molecule has 140 valence electrons. The fourth-order valence-corrected chi connectivity index (χ4v) is 3.17. The number of amides is 1. The minimum Gasteiger partial charge on any atom is -0.504 e. The third-order valence-electron chi connectivity index (χ3n) is 4.23. The van der Waals surface area contributed by atoms with Crippen molar-refractivity contribution in [2.45, 2.75) is 6.04 Å². The lowest BCUT2D eigenvalue weighted by molar-refractivity contribution is -0.119. The summed E-state index contributed by atoms with van der Waals surface area (Å²) >= 11 is 5.19. The number of anilines is 1. The SMILES string of the molecule is C=C1NC(=S)N[C@@H](c2ccc(O)c(OC)c2)[C@@H]1C(=O)Nc1ccc(F)cc1. The number of rotatable bonds is 4. The first kappa shape index (κ1) is 18.7. The summed E-state index contributed by atoms with van der Waals surface area (Å²) in [5.41, 5.74) is 1.58. The van der Waals surface area contributed by atoms with Gasteiger partial charge in [-0.15, -0.1) is 0 Å². The number of hydrogen-bond acceptors (Lipinski definition) is 4. The van der Waals surface area contributed by atoms with Crippen molar-refractivity contribution < 1.29 is 19.0 Å². The van der Waals surface area contributed by atoms with Crippen molar-refractivity contribution in [3.63, 3.8) is 0 Å². The molecule has 0 radical (unpaired) electrons. The Labute approximate surface area is 161 Å². The van der Waals surface area contributed by atoms with Crippen LogP contribution < -0.4 is 20.7 Å². The molecule has 1 aliphatic rings. The highest BCUT2D eigenvalue weighted by atomic mass is 32.1. The minimum absolute atomic E-state index is 0.0103. The van der Waals surface area contributed by atoms with Crippen LogP contribution in [0.1, 0.15) is 11.6 Å². The average molecular weight is 387 g/mol. The number of ether oxygens (including phenoxy) is 1. The Kier molecular flexibility index (Phi) is 5.27. The van der Waals surface area contributed by atoms with Gasteiger partial charge in [0.25, 0.3) is 0 Å². The van der Waals surface area contributed by atoms with Crippen molar-refractivity contribution in [1.29, 1.82) is 0 Å². The van der Waals surface area contributed by atoms with Gasteiger partial charge < -0.3 is 25.8 Å². The zero-order chi connectivity index (χ0) is 19.6. The molecule has 1 aliphatic heterocycles. The van der Waals surface area contributed by atoms with Gasteiger partial charge in [0.2, 0.25) is 5.91 Å². The summed E-state index contributed by atoms with van der Waals surface area (Å²) in [5.74, 6) is -1.18. The van der Waals surface area contributed by atoms with E-state index in [4.69, 9.17) is 17.0 Å². The van der Waals surface area contributed by atoms with Gasteiger partial charge >= 0.3 is 0 Å². The molecule has 2 aromatic carbocycles. The molecule has 0 spiro atoms. The number of thiocarbonyl (C=S) groups is 1. The predicted octanol–water partition coefficient (Wildman–Crippen LogP) is 2.83. The summed E-state index contributed by atoms with van der Waals surface area (Å²) in [6.45, 7) is 3.92. The Bertz CT molecular complexity index is 902. The summed E-state index contributed by atoms with van der Waals surface area (Å²) in [7, 11) is 1.44. The van der Waals surface area contributed by atoms with Crippen LogP contribution in [0.25, 0.3) is 0 Å². The van der Waals surface area contributed by atoms with Crippen LogP contribution >= 0.6 is 12.2 Å². The van der Waals surface area contributed by atoms with Crippen LogP contribution in [0.4, 0.5) is 10.1 Å².